The Bertz CT molecular complexity index is 416. The topological polar surface area (TPSA) is 70.9 Å². The zero-order valence-corrected chi connectivity index (χ0v) is 9.93. The summed E-state index contributed by atoms with van der Waals surface area (Å²) in [5.74, 6) is 0.322. The van der Waals surface area contributed by atoms with Crippen LogP contribution < -0.4 is 10.2 Å². The van der Waals surface area contributed by atoms with E-state index in [1.165, 1.54) is 19.4 Å². The first-order chi connectivity index (χ1) is 8.17. The van der Waals surface area contributed by atoms with Crippen molar-refractivity contribution in [1.29, 1.82) is 0 Å². The van der Waals surface area contributed by atoms with Crippen molar-refractivity contribution in [2.45, 2.75) is 19.8 Å². The number of amides is 1. The Morgan fingerprint density at radius 1 is 1.59 bits per heavy atom. The van der Waals surface area contributed by atoms with Crippen LogP contribution in [0.5, 0.6) is 11.5 Å². The fourth-order valence-electron chi connectivity index (χ4n) is 1.24. The Balaban J connectivity index is 2.62. The van der Waals surface area contributed by atoms with E-state index in [1.54, 1.807) is 12.1 Å². The van der Waals surface area contributed by atoms with Crippen LogP contribution >= 0.6 is 0 Å². The molecule has 2 N–H and O–H groups in total. The number of carbonyl (C=O) groups is 1. The van der Waals surface area contributed by atoms with Crippen molar-refractivity contribution < 1.29 is 14.6 Å². The van der Waals surface area contributed by atoms with E-state index in [-0.39, 0.29) is 11.7 Å². The summed E-state index contributed by atoms with van der Waals surface area (Å²) in [6, 6.07) is 4.81. The normalized spacial score (nSPS) is 10.5. The maximum absolute atomic E-state index is 11.1. The third kappa shape index (κ3) is 4.14. The summed E-state index contributed by atoms with van der Waals surface area (Å²) in [5.41, 5.74) is 3.14. The van der Waals surface area contributed by atoms with Gasteiger partial charge >= 0.3 is 0 Å². The number of nitrogens with zero attached hydrogens (tertiary/aromatic N) is 1. The van der Waals surface area contributed by atoms with E-state index < -0.39 is 0 Å². The SMILES string of the molecule is CCCC(=O)N/N=C\c1ccc(O)c(OC)c1. The molecule has 0 fully saturated rings. The second-order valence-corrected chi connectivity index (χ2v) is 3.47. The summed E-state index contributed by atoms with van der Waals surface area (Å²) < 4.78 is 4.95. The van der Waals surface area contributed by atoms with Crippen molar-refractivity contribution in [3.63, 3.8) is 0 Å². The molecule has 0 saturated heterocycles. The molecule has 0 aliphatic rings. The molecule has 1 aromatic carbocycles. The number of benzene rings is 1. The number of hydrogen-bond donors (Lipinski definition) is 2. The molecule has 0 saturated carbocycles. The highest BCUT2D eigenvalue weighted by Gasteiger charge is 2.01. The van der Waals surface area contributed by atoms with Gasteiger partial charge in [0.2, 0.25) is 5.91 Å². The highest BCUT2D eigenvalue weighted by atomic mass is 16.5. The lowest BCUT2D eigenvalue weighted by Crippen LogP contribution is -2.16. The maximum atomic E-state index is 11.1. The van der Waals surface area contributed by atoms with Gasteiger partial charge in [0.15, 0.2) is 11.5 Å². The number of ether oxygens (including phenoxy) is 1. The van der Waals surface area contributed by atoms with Gasteiger partial charge in [0.1, 0.15) is 0 Å². The van der Waals surface area contributed by atoms with Gasteiger partial charge < -0.3 is 9.84 Å². The molecule has 92 valence electrons. The molecule has 0 spiro atoms. The number of rotatable bonds is 5. The van der Waals surface area contributed by atoms with E-state index in [1.807, 2.05) is 6.92 Å². The first-order valence-corrected chi connectivity index (χ1v) is 5.36. The summed E-state index contributed by atoms with van der Waals surface area (Å²) in [4.78, 5) is 11.1. The molecular formula is C12H16N2O3. The molecule has 5 heteroatoms. The number of hydrazone groups is 1. The van der Waals surface area contributed by atoms with Crippen LogP contribution in [0, 0.1) is 0 Å². The standard InChI is InChI=1S/C12H16N2O3/c1-3-4-12(16)14-13-8-9-5-6-10(15)11(7-9)17-2/h5-8,15H,3-4H2,1-2H3,(H,14,16)/b13-8-. The van der Waals surface area contributed by atoms with E-state index in [2.05, 4.69) is 10.5 Å². The van der Waals surface area contributed by atoms with E-state index in [4.69, 9.17) is 4.74 Å². The molecule has 1 rings (SSSR count). The van der Waals surface area contributed by atoms with Crippen LogP contribution in [0.1, 0.15) is 25.3 Å². The third-order valence-corrected chi connectivity index (χ3v) is 2.08. The lowest BCUT2D eigenvalue weighted by Gasteiger charge is -2.03. The van der Waals surface area contributed by atoms with Crippen LogP contribution in [0.25, 0.3) is 0 Å². The Hall–Kier alpha value is -2.04. The van der Waals surface area contributed by atoms with Gasteiger partial charge in [-0.3, -0.25) is 4.79 Å². The van der Waals surface area contributed by atoms with Gasteiger partial charge in [-0.25, -0.2) is 5.43 Å². The fraction of sp³-hybridized carbons (Fsp3) is 0.333. The molecule has 5 nitrogen and oxygen atoms in total. The van der Waals surface area contributed by atoms with Crippen molar-refractivity contribution in [2.24, 2.45) is 5.10 Å². The minimum Gasteiger partial charge on any atom is -0.504 e. The van der Waals surface area contributed by atoms with Crippen LogP contribution in [0.3, 0.4) is 0 Å². The van der Waals surface area contributed by atoms with Crippen molar-refractivity contribution in [3.8, 4) is 11.5 Å². The van der Waals surface area contributed by atoms with Gasteiger partial charge in [-0.15, -0.1) is 0 Å². The van der Waals surface area contributed by atoms with Crippen LogP contribution in [0.4, 0.5) is 0 Å². The molecule has 0 aliphatic carbocycles. The van der Waals surface area contributed by atoms with E-state index >= 15 is 0 Å². The molecule has 0 aromatic heterocycles. The predicted octanol–water partition coefficient (Wildman–Crippen LogP) is 1.65. The molecule has 0 heterocycles. The predicted molar refractivity (Wildman–Crippen MR) is 65.3 cm³/mol. The number of carbonyl (C=O) groups excluding carboxylic acids is 1. The Morgan fingerprint density at radius 2 is 2.35 bits per heavy atom. The van der Waals surface area contributed by atoms with Crippen molar-refractivity contribution in [2.75, 3.05) is 7.11 Å². The smallest absolute Gasteiger partial charge is 0.240 e. The summed E-state index contributed by atoms with van der Waals surface area (Å²) >= 11 is 0. The largest absolute Gasteiger partial charge is 0.504 e. The number of phenols is 1. The van der Waals surface area contributed by atoms with Gasteiger partial charge in [0.05, 0.1) is 13.3 Å². The van der Waals surface area contributed by atoms with Crippen LogP contribution in [0.15, 0.2) is 23.3 Å². The quantitative estimate of drug-likeness (QED) is 0.603. The lowest BCUT2D eigenvalue weighted by atomic mass is 10.2. The zero-order chi connectivity index (χ0) is 12.7. The average molecular weight is 236 g/mol. The first kappa shape index (κ1) is 13.0. The number of methoxy groups -OCH3 is 1. The highest BCUT2D eigenvalue weighted by Crippen LogP contribution is 2.25. The molecule has 1 amide bonds. The van der Waals surface area contributed by atoms with Gasteiger partial charge in [-0.05, 0) is 30.2 Å². The van der Waals surface area contributed by atoms with Gasteiger partial charge in [-0.1, -0.05) is 6.92 Å². The van der Waals surface area contributed by atoms with Crippen LogP contribution in [0.2, 0.25) is 0 Å². The number of phenolic OH excluding ortho intramolecular Hbond substituents is 1. The Kier molecular flexibility index (Phi) is 5.00. The minimum atomic E-state index is -0.116. The van der Waals surface area contributed by atoms with E-state index in [9.17, 15) is 9.90 Å². The summed E-state index contributed by atoms with van der Waals surface area (Å²) in [6.45, 7) is 1.92. The highest BCUT2D eigenvalue weighted by molar-refractivity contribution is 5.83. The van der Waals surface area contributed by atoms with E-state index in [0.29, 0.717) is 12.2 Å². The Labute approximate surface area is 100 Å². The monoisotopic (exact) mass is 236 g/mol. The second-order valence-electron chi connectivity index (χ2n) is 3.47. The van der Waals surface area contributed by atoms with E-state index in [0.717, 1.165) is 12.0 Å². The average Bonchev–Trinajstić information content (AvgIpc) is 2.31. The molecule has 1 aromatic rings. The van der Waals surface area contributed by atoms with Crippen molar-refractivity contribution in [3.05, 3.63) is 23.8 Å². The molecular weight excluding hydrogens is 220 g/mol. The maximum Gasteiger partial charge on any atom is 0.240 e. The minimum absolute atomic E-state index is 0.0691. The fourth-order valence-corrected chi connectivity index (χ4v) is 1.24. The summed E-state index contributed by atoms with van der Waals surface area (Å²) in [7, 11) is 1.47. The number of aromatic hydroxyl groups is 1. The molecule has 0 atom stereocenters. The second kappa shape index (κ2) is 6.52. The van der Waals surface area contributed by atoms with Gasteiger partial charge in [0.25, 0.3) is 0 Å². The first-order valence-electron chi connectivity index (χ1n) is 5.36. The van der Waals surface area contributed by atoms with Gasteiger partial charge in [-0.2, -0.15) is 5.10 Å². The molecule has 0 bridgehead atoms. The van der Waals surface area contributed by atoms with Crippen LogP contribution in [-0.2, 0) is 4.79 Å². The molecule has 0 aliphatic heterocycles. The van der Waals surface area contributed by atoms with Gasteiger partial charge in [0, 0.05) is 6.42 Å². The summed E-state index contributed by atoms with van der Waals surface area (Å²) in [5, 5.41) is 13.2. The number of nitrogens with one attached hydrogen (secondary N) is 1. The molecule has 0 radical (unpaired) electrons. The van der Waals surface area contributed by atoms with Crippen molar-refractivity contribution >= 4 is 12.1 Å². The molecule has 0 unspecified atom stereocenters. The Morgan fingerprint density at radius 3 is 3.00 bits per heavy atom. The third-order valence-electron chi connectivity index (χ3n) is 2.08. The molecule has 17 heavy (non-hydrogen) atoms. The lowest BCUT2D eigenvalue weighted by molar-refractivity contribution is -0.121. The number of hydrogen-bond acceptors (Lipinski definition) is 4. The summed E-state index contributed by atoms with van der Waals surface area (Å²) in [6.07, 6.45) is 2.74. The van der Waals surface area contributed by atoms with Crippen molar-refractivity contribution in [1.82, 2.24) is 5.43 Å². The zero-order valence-electron chi connectivity index (χ0n) is 9.93. The van der Waals surface area contributed by atoms with Crippen LogP contribution in [-0.4, -0.2) is 24.3 Å².